The Kier molecular flexibility index (Phi) is 3.80. The predicted molar refractivity (Wildman–Crippen MR) is 100 cm³/mol. The Morgan fingerprint density at radius 1 is 1.19 bits per heavy atom. The maximum atomic E-state index is 12.5. The minimum absolute atomic E-state index is 0.238. The molecule has 3 heterocycles. The van der Waals surface area contributed by atoms with Crippen LogP contribution in [0.2, 0.25) is 0 Å². The Labute approximate surface area is 149 Å². The summed E-state index contributed by atoms with van der Waals surface area (Å²) in [6, 6.07) is 9.60. The molecule has 8 heteroatoms. The van der Waals surface area contributed by atoms with Gasteiger partial charge in [-0.15, -0.1) is 0 Å². The molecule has 2 N–H and O–H groups in total. The molecule has 0 aliphatic heterocycles. The largest absolute Gasteiger partial charge is 0.323 e. The lowest BCUT2D eigenvalue weighted by Crippen LogP contribution is -2.12. The molecule has 0 amide bonds. The van der Waals surface area contributed by atoms with Gasteiger partial charge in [-0.3, -0.25) is 14.5 Å². The van der Waals surface area contributed by atoms with E-state index in [0.717, 1.165) is 29.3 Å². The van der Waals surface area contributed by atoms with E-state index in [1.807, 2.05) is 55.8 Å². The number of anilines is 2. The van der Waals surface area contributed by atoms with Crippen LogP contribution in [0.15, 0.2) is 41.3 Å². The number of H-pyrrole nitrogens is 1. The molecular weight excluding hydrogens is 330 g/mol. The van der Waals surface area contributed by atoms with E-state index in [-0.39, 0.29) is 5.56 Å². The van der Waals surface area contributed by atoms with Crippen molar-refractivity contribution in [3.8, 4) is 5.69 Å². The van der Waals surface area contributed by atoms with Gasteiger partial charge in [-0.05, 0) is 32.9 Å². The van der Waals surface area contributed by atoms with E-state index in [1.165, 1.54) is 6.20 Å². The maximum Gasteiger partial charge on any atom is 0.263 e. The first kappa shape index (κ1) is 16.1. The fraction of sp³-hybridized carbons (Fsp3) is 0.222. The molecule has 3 aromatic heterocycles. The summed E-state index contributed by atoms with van der Waals surface area (Å²) in [5.41, 5.74) is 3.80. The molecule has 0 unspecified atom stereocenters. The molecular formula is C18H19N7O. The van der Waals surface area contributed by atoms with Gasteiger partial charge in [0.25, 0.3) is 5.56 Å². The van der Waals surface area contributed by atoms with Crippen LogP contribution >= 0.6 is 0 Å². The Bertz CT molecular complexity index is 1140. The van der Waals surface area contributed by atoms with Crippen molar-refractivity contribution in [1.82, 2.24) is 29.5 Å². The molecule has 132 valence electrons. The number of aromatic amines is 1. The second-order valence-electron chi connectivity index (χ2n) is 6.03. The van der Waals surface area contributed by atoms with E-state index < -0.39 is 0 Å². The zero-order valence-corrected chi connectivity index (χ0v) is 14.8. The number of hydrogen-bond acceptors (Lipinski definition) is 5. The molecule has 0 radical (unpaired) electrons. The van der Waals surface area contributed by atoms with E-state index in [2.05, 4.69) is 25.5 Å². The molecule has 4 aromatic rings. The maximum absolute atomic E-state index is 12.5. The zero-order chi connectivity index (χ0) is 18.3. The van der Waals surface area contributed by atoms with Gasteiger partial charge in [0.2, 0.25) is 5.95 Å². The van der Waals surface area contributed by atoms with E-state index >= 15 is 0 Å². The lowest BCUT2D eigenvalue weighted by atomic mass is 10.3. The van der Waals surface area contributed by atoms with Crippen LogP contribution in [-0.4, -0.2) is 29.5 Å². The standard InChI is InChI=1S/C18H19N7O/c1-4-24-12(3)15(11(2)23-24)20-18-21-16-14(17(26)22-18)10-19-25(16)13-8-6-5-7-9-13/h5-10H,4H2,1-3H3,(H2,20,21,22,26). The highest BCUT2D eigenvalue weighted by Crippen LogP contribution is 2.23. The third kappa shape index (κ3) is 2.55. The van der Waals surface area contributed by atoms with Crippen molar-refractivity contribution in [1.29, 1.82) is 0 Å². The molecule has 26 heavy (non-hydrogen) atoms. The van der Waals surface area contributed by atoms with Gasteiger partial charge in [0, 0.05) is 6.54 Å². The van der Waals surface area contributed by atoms with Crippen LogP contribution in [0.25, 0.3) is 16.7 Å². The first-order valence-corrected chi connectivity index (χ1v) is 8.43. The number of para-hydroxylation sites is 1. The van der Waals surface area contributed by atoms with Crippen LogP contribution < -0.4 is 10.9 Å². The predicted octanol–water partition coefficient (Wildman–Crippen LogP) is 2.69. The SMILES string of the molecule is CCn1nc(C)c(Nc2nc3c(cnn3-c3ccccc3)c(=O)[nH]2)c1C. The highest BCUT2D eigenvalue weighted by Gasteiger charge is 2.15. The van der Waals surface area contributed by atoms with Crippen molar-refractivity contribution in [3.05, 3.63) is 58.3 Å². The first-order valence-electron chi connectivity index (χ1n) is 8.43. The van der Waals surface area contributed by atoms with Crippen LogP contribution in [0.3, 0.4) is 0 Å². The van der Waals surface area contributed by atoms with E-state index in [9.17, 15) is 4.79 Å². The van der Waals surface area contributed by atoms with Gasteiger partial charge < -0.3 is 5.32 Å². The van der Waals surface area contributed by atoms with Crippen LogP contribution in [0.4, 0.5) is 11.6 Å². The third-order valence-electron chi connectivity index (χ3n) is 4.36. The minimum Gasteiger partial charge on any atom is -0.323 e. The highest BCUT2D eigenvalue weighted by atomic mass is 16.1. The number of fused-ring (bicyclic) bond motifs is 1. The summed E-state index contributed by atoms with van der Waals surface area (Å²) in [5.74, 6) is 0.363. The lowest BCUT2D eigenvalue weighted by molar-refractivity contribution is 0.634. The molecule has 0 spiro atoms. The summed E-state index contributed by atoms with van der Waals surface area (Å²) in [5, 5.41) is 12.4. The van der Waals surface area contributed by atoms with Gasteiger partial charge in [0.1, 0.15) is 5.39 Å². The van der Waals surface area contributed by atoms with Crippen molar-refractivity contribution in [2.75, 3.05) is 5.32 Å². The van der Waals surface area contributed by atoms with Crippen molar-refractivity contribution >= 4 is 22.7 Å². The van der Waals surface area contributed by atoms with Crippen LogP contribution in [0.1, 0.15) is 18.3 Å². The van der Waals surface area contributed by atoms with Crippen molar-refractivity contribution in [2.45, 2.75) is 27.3 Å². The van der Waals surface area contributed by atoms with Crippen LogP contribution in [0, 0.1) is 13.8 Å². The monoisotopic (exact) mass is 349 g/mol. The molecule has 0 bridgehead atoms. The molecule has 0 aliphatic carbocycles. The Morgan fingerprint density at radius 3 is 2.65 bits per heavy atom. The molecule has 0 atom stereocenters. The van der Waals surface area contributed by atoms with Crippen molar-refractivity contribution in [2.24, 2.45) is 0 Å². The quantitative estimate of drug-likeness (QED) is 0.591. The van der Waals surface area contributed by atoms with E-state index in [0.29, 0.717) is 17.0 Å². The average Bonchev–Trinajstić information content (AvgIpc) is 3.19. The summed E-state index contributed by atoms with van der Waals surface area (Å²) in [6.45, 7) is 6.72. The van der Waals surface area contributed by atoms with Crippen LogP contribution in [-0.2, 0) is 6.54 Å². The summed E-state index contributed by atoms with van der Waals surface area (Å²) < 4.78 is 3.56. The Balaban J connectivity index is 1.82. The number of rotatable bonds is 4. The van der Waals surface area contributed by atoms with Crippen molar-refractivity contribution < 1.29 is 0 Å². The molecule has 0 saturated heterocycles. The number of benzene rings is 1. The molecule has 0 fully saturated rings. The van der Waals surface area contributed by atoms with Gasteiger partial charge in [-0.25, -0.2) is 4.68 Å². The van der Waals surface area contributed by atoms with Crippen molar-refractivity contribution in [3.63, 3.8) is 0 Å². The number of nitrogens with one attached hydrogen (secondary N) is 2. The fourth-order valence-corrected chi connectivity index (χ4v) is 3.04. The number of nitrogens with zero attached hydrogens (tertiary/aromatic N) is 5. The zero-order valence-electron chi connectivity index (χ0n) is 14.8. The molecule has 8 nitrogen and oxygen atoms in total. The lowest BCUT2D eigenvalue weighted by Gasteiger charge is -2.07. The molecule has 0 saturated carbocycles. The fourth-order valence-electron chi connectivity index (χ4n) is 3.04. The number of aromatic nitrogens is 6. The minimum atomic E-state index is -0.238. The second-order valence-corrected chi connectivity index (χ2v) is 6.03. The summed E-state index contributed by atoms with van der Waals surface area (Å²) in [4.78, 5) is 19.8. The smallest absolute Gasteiger partial charge is 0.263 e. The van der Waals surface area contributed by atoms with Crippen LogP contribution in [0.5, 0.6) is 0 Å². The molecule has 4 rings (SSSR count). The summed E-state index contributed by atoms with van der Waals surface area (Å²) in [6.07, 6.45) is 1.53. The Morgan fingerprint density at radius 2 is 1.96 bits per heavy atom. The van der Waals surface area contributed by atoms with Gasteiger partial charge in [-0.1, -0.05) is 18.2 Å². The van der Waals surface area contributed by atoms with Gasteiger partial charge in [-0.2, -0.15) is 15.2 Å². The Hall–Kier alpha value is -3.42. The number of aryl methyl sites for hydroxylation is 2. The topological polar surface area (TPSA) is 93.4 Å². The molecule has 1 aromatic carbocycles. The van der Waals surface area contributed by atoms with Gasteiger partial charge in [0.05, 0.1) is 29.0 Å². The van der Waals surface area contributed by atoms with E-state index in [4.69, 9.17) is 0 Å². The molecule has 0 aliphatic rings. The average molecular weight is 349 g/mol. The van der Waals surface area contributed by atoms with Gasteiger partial charge >= 0.3 is 0 Å². The van der Waals surface area contributed by atoms with E-state index in [1.54, 1.807) is 4.68 Å². The summed E-state index contributed by atoms with van der Waals surface area (Å²) in [7, 11) is 0. The normalized spacial score (nSPS) is 11.2. The highest BCUT2D eigenvalue weighted by molar-refractivity contribution is 5.77. The summed E-state index contributed by atoms with van der Waals surface area (Å²) >= 11 is 0. The number of hydrogen-bond donors (Lipinski definition) is 2. The van der Waals surface area contributed by atoms with Gasteiger partial charge in [0.15, 0.2) is 5.65 Å². The second kappa shape index (κ2) is 6.14. The third-order valence-corrected chi connectivity index (χ3v) is 4.36. The first-order chi connectivity index (χ1) is 12.6.